The minimum absolute atomic E-state index is 0.0178. The molecule has 170 valence electrons. The average molecular weight is 489 g/mol. The monoisotopic (exact) mass is 488 g/mol. The second kappa shape index (κ2) is 9.97. The van der Waals surface area contributed by atoms with E-state index in [9.17, 15) is 23.3 Å². The molecule has 1 amide bonds. The summed E-state index contributed by atoms with van der Waals surface area (Å²) in [5.41, 5.74) is 0.224. The van der Waals surface area contributed by atoms with Gasteiger partial charge in [0.1, 0.15) is 0 Å². The van der Waals surface area contributed by atoms with E-state index >= 15 is 0 Å². The van der Waals surface area contributed by atoms with Crippen LogP contribution in [0.2, 0.25) is 0 Å². The van der Waals surface area contributed by atoms with E-state index in [1.165, 1.54) is 62.0 Å². The number of nitrogens with one attached hydrogen (secondary N) is 3. The number of non-ortho nitro benzene ring substituents is 1. The van der Waals surface area contributed by atoms with Crippen molar-refractivity contribution in [2.75, 3.05) is 17.1 Å². The zero-order valence-corrected chi connectivity index (χ0v) is 18.5. The number of benzene rings is 2. The van der Waals surface area contributed by atoms with Crippen molar-refractivity contribution in [3.8, 4) is 5.88 Å². The number of hydrogen-bond donors (Lipinski definition) is 3. The maximum absolute atomic E-state index is 12.6. The predicted octanol–water partition coefficient (Wildman–Crippen LogP) is 2.32. The third-order valence-corrected chi connectivity index (χ3v) is 5.62. The van der Waals surface area contributed by atoms with Crippen molar-refractivity contribution in [3.63, 3.8) is 0 Å². The number of amides is 1. The highest BCUT2D eigenvalue weighted by atomic mass is 32.2. The zero-order valence-electron chi connectivity index (χ0n) is 16.9. The number of methoxy groups -OCH3 is 1. The van der Waals surface area contributed by atoms with Crippen LogP contribution < -0.4 is 20.1 Å². The van der Waals surface area contributed by atoms with Gasteiger partial charge in [-0.25, -0.2) is 18.4 Å². The molecule has 1 aromatic heterocycles. The molecule has 0 spiro atoms. The molecule has 33 heavy (non-hydrogen) atoms. The Morgan fingerprint density at radius 1 is 1.12 bits per heavy atom. The molecule has 0 unspecified atom stereocenters. The average Bonchev–Trinajstić information content (AvgIpc) is 2.79. The summed E-state index contributed by atoms with van der Waals surface area (Å²) in [4.78, 5) is 30.2. The predicted molar refractivity (Wildman–Crippen MR) is 123 cm³/mol. The number of hydrogen-bond acceptors (Lipinski definition) is 9. The van der Waals surface area contributed by atoms with Gasteiger partial charge in [0.2, 0.25) is 5.82 Å². The van der Waals surface area contributed by atoms with Crippen molar-refractivity contribution in [2.45, 2.75) is 4.90 Å². The van der Waals surface area contributed by atoms with E-state index in [0.29, 0.717) is 5.69 Å². The summed E-state index contributed by atoms with van der Waals surface area (Å²) in [6, 6.07) is 10.7. The van der Waals surface area contributed by atoms with Crippen molar-refractivity contribution < 1.29 is 22.9 Å². The molecule has 0 saturated heterocycles. The first kappa shape index (κ1) is 23.5. The van der Waals surface area contributed by atoms with Gasteiger partial charge in [-0.1, -0.05) is 6.07 Å². The highest BCUT2D eigenvalue weighted by Crippen LogP contribution is 2.22. The van der Waals surface area contributed by atoms with Crippen LogP contribution in [0, 0.1) is 10.1 Å². The number of carbonyl (C=O) groups excluding carboxylic acids is 1. The molecule has 0 aliphatic carbocycles. The number of nitro groups is 1. The van der Waals surface area contributed by atoms with E-state index < -0.39 is 20.9 Å². The van der Waals surface area contributed by atoms with Crippen LogP contribution in [-0.2, 0) is 10.0 Å². The van der Waals surface area contributed by atoms with Crippen LogP contribution in [0.1, 0.15) is 10.4 Å². The van der Waals surface area contributed by atoms with E-state index in [1.54, 1.807) is 0 Å². The molecule has 0 radical (unpaired) electrons. The summed E-state index contributed by atoms with van der Waals surface area (Å²) in [6.07, 6.45) is 2.67. The molecule has 2 aromatic carbocycles. The van der Waals surface area contributed by atoms with Gasteiger partial charge in [0.15, 0.2) is 5.11 Å². The molecule has 0 aliphatic heterocycles. The van der Waals surface area contributed by atoms with E-state index in [0.717, 1.165) is 6.07 Å². The summed E-state index contributed by atoms with van der Waals surface area (Å²) < 4.78 is 32.5. The fourth-order valence-electron chi connectivity index (χ4n) is 2.55. The maximum atomic E-state index is 12.6. The molecule has 0 bridgehead atoms. The third-order valence-electron chi connectivity index (χ3n) is 4.06. The van der Waals surface area contributed by atoms with E-state index in [2.05, 4.69) is 25.3 Å². The van der Waals surface area contributed by atoms with Gasteiger partial charge >= 0.3 is 0 Å². The molecular formula is C19H16N6O6S2. The van der Waals surface area contributed by atoms with E-state index in [1.807, 2.05) is 0 Å². The molecule has 3 aromatic rings. The number of nitro benzene ring substituents is 1. The number of aromatic nitrogens is 2. The number of carbonyl (C=O) groups is 1. The third kappa shape index (κ3) is 5.96. The van der Waals surface area contributed by atoms with Crippen LogP contribution in [0.5, 0.6) is 5.88 Å². The number of thiocarbonyl (C=S) groups is 1. The Morgan fingerprint density at radius 3 is 2.48 bits per heavy atom. The minimum atomic E-state index is -3.98. The van der Waals surface area contributed by atoms with Crippen molar-refractivity contribution in [1.29, 1.82) is 0 Å². The fraction of sp³-hybridized carbons (Fsp3) is 0.0526. The van der Waals surface area contributed by atoms with Crippen molar-refractivity contribution >= 4 is 50.5 Å². The van der Waals surface area contributed by atoms with Gasteiger partial charge in [-0.15, -0.1) is 0 Å². The van der Waals surface area contributed by atoms with E-state index in [4.69, 9.17) is 17.0 Å². The Kier molecular flexibility index (Phi) is 7.10. The number of nitrogens with zero attached hydrogens (tertiary/aromatic N) is 3. The highest BCUT2D eigenvalue weighted by molar-refractivity contribution is 7.92. The Labute approximate surface area is 193 Å². The lowest BCUT2D eigenvalue weighted by Crippen LogP contribution is -2.34. The van der Waals surface area contributed by atoms with Gasteiger partial charge in [-0.05, 0) is 42.5 Å². The number of ether oxygens (including phenoxy) is 1. The van der Waals surface area contributed by atoms with Crippen LogP contribution in [0.3, 0.4) is 0 Å². The lowest BCUT2D eigenvalue weighted by atomic mass is 10.2. The SMILES string of the molecule is COc1nccnc1NS(=O)(=O)c1ccc(NC(=S)NC(=O)c2cccc([N+](=O)[O-])c2)cc1. The number of rotatable bonds is 7. The summed E-state index contributed by atoms with van der Waals surface area (Å²) in [7, 11) is -2.64. The van der Waals surface area contributed by atoms with Gasteiger partial charge in [-0.3, -0.25) is 24.9 Å². The van der Waals surface area contributed by atoms with Crippen LogP contribution >= 0.6 is 12.2 Å². The number of sulfonamides is 1. The van der Waals surface area contributed by atoms with Crippen LogP contribution in [0.25, 0.3) is 0 Å². The molecule has 3 rings (SSSR count). The fourth-order valence-corrected chi connectivity index (χ4v) is 3.76. The lowest BCUT2D eigenvalue weighted by Gasteiger charge is -2.12. The largest absolute Gasteiger partial charge is 0.478 e. The van der Waals surface area contributed by atoms with Gasteiger partial charge in [0, 0.05) is 35.8 Å². The summed E-state index contributed by atoms with van der Waals surface area (Å²) in [5.74, 6) is -0.686. The topological polar surface area (TPSA) is 165 Å². The second-order valence-electron chi connectivity index (χ2n) is 6.26. The smallest absolute Gasteiger partial charge is 0.270 e. The molecule has 0 aliphatic rings. The molecule has 1 heterocycles. The quantitative estimate of drug-likeness (QED) is 0.255. The molecular weight excluding hydrogens is 472 g/mol. The normalized spacial score (nSPS) is 10.7. The maximum Gasteiger partial charge on any atom is 0.270 e. The molecule has 0 fully saturated rings. The first-order valence-corrected chi connectivity index (χ1v) is 10.9. The summed E-state index contributed by atoms with van der Waals surface area (Å²) in [6.45, 7) is 0. The van der Waals surface area contributed by atoms with Gasteiger partial charge in [0.25, 0.3) is 27.5 Å². The number of anilines is 2. The van der Waals surface area contributed by atoms with Crippen molar-refractivity contribution in [1.82, 2.24) is 15.3 Å². The Hall–Kier alpha value is -4.17. The van der Waals surface area contributed by atoms with Gasteiger partial charge < -0.3 is 10.1 Å². The van der Waals surface area contributed by atoms with Gasteiger partial charge in [-0.2, -0.15) is 0 Å². The van der Waals surface area contributed by atoms with Crippen molar-refractivity contribution in [2.24, 2.45) is 0 Å². The van der Waals surface area contributed by atoms with Crippen LogP contribution in [-0.4, -0.2) is 41.4 Å². The molecule has 12 nitrogen and oxygen atoms in total. The lowest BCUT2D eigenvalue weighted by molar-refractivity contribution is -0.384. The highest BCUT2D eigenvalue weighted by Gasteiger charge is 2.18. The minimum Gasteiger partial charge on any atom is -0.478 e. The Balaban J connectivity index is 1.65. The molecule has 0 saturated carbocycles. The van der Waals surface area contributed by atoms with E-state index in [-0.39, 0.29) is 33.0 Å². The summed E-state index contributed by atoms with van der Waals surface area (Å²) >= 11 is 5.08. The van der Waals surface area contributed by atoms with Crippen LogP contribution in [0.15, 0.2) is 65.8 Å². The van der Waals surface area contributed by atoms with Crippen LogP contribution in [0.4, 0.5) is 17.2 Å². The zero-order chi connectivity index (χ0) is 24.0. The second-order valence-corrected chi connectivity index (χ2v) is 8.35. The molecule has 3 N–H and O–H groups in total. The van der Waals surface area contributed by atoms with Gasteiger partial charge in [0.05, 0.1) is 16.9 Å². The van der Waals surface area contributed by atoms with Crippen molar-refractivity contribution in [3.05, 3.63) is 76.6 Å². The Morgan fingerprint density at radius 2 is 1.82 bits per heavy atom. The molecule has 14 heteroatoms. The standard InChI is InChI=1S/C19H16N6O6S2/c1-31-18-16(20-9-10-21-18)24-33(29,30)15-7-5-13(6-8-15)22-19(32)23-17(26)12-3-2-4-14(11-12)25(27)28/h2-11H,1H3,(H,20,24)(H2,22,23,26,32). The first-order valence-electron chi connectivity index (χ1n) is 9.04. The Bertz CT molecular complexity index is 1310. The molecule has 0 atom stereocenters. The summed E-state index contributed by atoms with van der Waals surface area (Å²) in [5, 5.41) is 15.9. The first-order chi connectivity index (χ1) is 15.7.